The second kappa shape index (κ2) is 4.40. The Bertz CT molecular complexity index is 348. The van der Waals surface area contributed by atoms with Crippen LogP contribution in [0.1, 0.15) is 31.2 Å². The predicted octanol–water partition coefficient (Wildman–Crippen LogP) is 3.94. The standard InChI is InChI=1S/C14H17BrO/c15-13(10-5-6-10)8-7-12-9-11-3-1-2-4-14(11)16-12/h1-4,10,12-13H,5-9H2. The molecule has 2 atom stereocenters. The van der Waals surface area contributed by atoms with Gasteiger partial charge < -0.3 is 4.74 Å². The molecule has 1 aliphatic carbocycles. The van der Waals surface area contributed by atoms with Gasteiger partial charge >= 0.3 is 0 Å². The molecule has 1 saturated carbocycles. The van der Waals surface area contributed by atoms with Crippen LogP contribution in [0.2, 0.25) is 0 Å². The zero-order valence-corrected chi connectivity index (χ0v) is 10.9. The molecule has 0 bridgehead atoms. The molecule has 0 amide bonds. The van der Waals surface area contributed by atoms with Gasteiger partial charge in [-0.25, -0.2) is 0 Å². The van der Waals surface area contributed by atoms with Gasteiger partial charge in [-0.05, 0) is 43.2 Å². The normalized spacial score (nSPS) is 24.9. The fourth-order valence-electron chi connectivity index (χ4n) is 2.45. The highest BCUT2D eigenvalue weighted by Crippen LogP contribution is 2.39. The molecule has 0 N–H and O–H groups in total. The minimum atomic E-state index is 0.413. The Kier molecular flexibility index (Phi) is 2.93. The van der Waals surface area contributed by atoms with E-state index in [9.17, 15) is 0 Å². The summed E-state index contributed by atoms with van der Waals surface area (Å²) in [6.45, 7) is 0. The molecule has 1 fully saturated rings. The summed E-state index contributed by atoms with van der Waals surface area (Å²) in [4.78, 5) is 0.722. The lowest BCUT2D eigenvalue weighted by Gasteiger charge is -2.13. The van der Waals surface area contributed by atoms with Crippen molar-refractivity contribution in [1.29, 1.82) is 0 Å². The molecule has 16 heavy (non-hydrogen) atoms. The molecule has 0 radical (unpaired) electrons. The first-order chi connectivity index (χ1) is 7.83. The molecule has 1 aromatic rings. The van der Waals surface area contributed by atoms with E-state index in [4.69, 9.17) is 4.74 Å². The quantitative estimate of drug-likeness (QED) is 0.759. The second-order valence-electron chi connectivity index (χ2n) is 4.98. The fourth-order valence-corrected chi connectivity index (χ4v) is 3.25. The van der Waals surface area contributed by atoms with Crippen molar-refractivity contribution < 1.29 is 4.74 Å². The molecular weight excluding hydrogens is 264 g/mol. The van der Waals surface area contributed by atoms with Crippen molar-refractivity contribution in [3.05, 3.63) is 29.8 Å². The van der Waals surface area contributed by atoms with E-state index in [0.717, 1.165) is 22.9 Å². The van der Waals surface area contributed by atoms with E-state index >= 15 is 0 Å². The van der Waals surface area contributed by atoms with Crippen molar-refractivity contribution in [1.82, 2.24) is 0 Å². The number of para-hydroxylation sites is 1. The van der Waals surface area contributed by atoms with E-state index < -0.39 is 0 Å². The highest BCUT2D eigenvalue weighted by atomic mass is 79.9. The van der Waals surface area contributed by atoms with Crippen molar-refractivity contribution in [3.63, 3.8) is 0 Å². The van der Waals surface area contributed by atoms with Gasteiger partial charge in [0.25, 0.3) is 0 Å². The molecule has 0 spiro atoms. The number of halogens is 1. The minimum Gasteiger partial charge on any atom is -0.490 e. The third-order valence-corrected chi connectivity index (χ3v) is 4.82. The van der Waals surface area contributed by atoms with Crippen molar-refractivity contribution in [2.24, 2.45) is 5.92 Å². The highest BCUT2D eigenvalue weighted by molar-refractivity contribution is 9.09. The number of ether oxygens (including phenoxy) is 1. The first-order valence-electron chi connectivity index (χ1n) is 6.21. The zero-order chi connectivity index (χ0) is 11.0. The van der Waals surface area contributed by atoms with Crippen LogP contribution in [0.4, 0.5) is 0 Å². The summed E-state index contributed by atoms with van der Waals surface area (Å²) in [5.74, 6) is 2.05. The Hall–Kier alpha value is -0.500. The van der Waals surface area contributed by atoms with Crippen molar-refractivity contribution >= 4 is 15.9 Å². The lowest BCUT2D eigenvalue weighted by atomic mass is 10.0. The Morgan fingerprint density at radius 3 is 2.88 bits per heavy atom. The molecule has 1 nitrogen and oxygen atoms in total. The van der Waals surface area contributed by atoms with Crippen LogP contribution in [0.25, 0.3) is 0 Å². The predicted molar refractivity (Wildman–Crippen MR) is 69.2 cm³/mol. The van der Waals surface area contributed by atoms with Gasteiger partial charge in [0.2, 0.25) is 0 Å². The molecule has 2 aliphatic rings. The van der Waals surface area contributed by atoms with Crippen molar-refractivity contribution in [2.75, 3.05) is 0 Å². The SMILES string of the molecule is BrC(CCC1Cc2ccccc2O1)C1CC1. The van der Waals surface area contributed by atoms with Gasteiger partial charge in [0.05, 0.1) is 0 Å². The molecule has 2 heteroatoms. The van der Waals surface area contributed by atoms with Gasteiger partial charge in [0, 0.05) is 11.2 Å². The van der Waals surface area contributed by atoms with Crippen molar-refractivity contribution in [3.8, 4) is 5.75 Å². The first kappa shape index (κ1) is 10.6. The van der Waals surface area contributed by atoms with Crippen LogP contribution < -0.4 is 4.74 Å². The van der Waals surface area contributed by atoms with Gasteiger partial charge in [0.1, 0.15) is 11.9 Å². The minimum absolute atomic E-state index is 0.413. The molecule has 1 heterocycles. The summed E-state index contributed by atoms with van der Waals surface area (Å²) in [7, 11) is 0. The summed E-state index contributed by atoms with van der Waals surface area (Å²) in [5.41, 5.74) is 1.38. The van der Waals surface area contributed by atoms with Crippen LogP contribution in [0, 0.1) is 5.92 Å². The van der Waals surface area contributed by atoms with E-state index in [-0.39, 0.29) is 0 Å². The molecule has 3 rings (SSSR count). The van der Waals surface area contributed by atoms with E-state index in [1.54, 1.807) is 0 Å². The number of fused-ring (bicyclic) bond motifs is 1. The summed E-state index contributed by atoms with van der Waals surface area (Å²) in [6, 6.07) is 8.42. The Morgan fingerprint density at radius 2 is 2.12 bits per heavy atom. The summed E-state index contributed by atoms with van der Waals surface area (Å²) < 4.78 is 5.94. The molecule has 1 aromatic carbocycles. The number of hydrogen-bond acceptors (Lipinski definition) is 1. The highest BCUT2D eigenvalue weighted by Gasteiger charge is 2.30. The maximum absolute atomic E-state index is 5.94. The summed E-state index contributed by atoms with van der Waals surface area (Å²) in [5, 5.41) is 0. The second-order valence-corrected chi connectivity index (χ2v) is 6.16. The zero-order valence-electron chi connectivity index (χ0n) is 9.36. The smallest absolute Gasteiger partial charge is 0.123 e. The van der Waals surface area contributed by atoms with Crippen LogP contribution >= 0.6 is 15.9 Å². The van der Waals surface area contributed by atoms with Gasteiger partial charge in [-0.3, -0.25) is 0 Å². The lowest BCUT2D eigenvalue weighted by molar-refractivity contribution is 0.217. The van der Waals surface area contributed by atoms with E-state index in [1.165, 1.54) is 31.2 Å². The molecule has 2 unspecified atom stereocenters. The fraction of sp³-hybridized carbons (Fsp3) is 0.571. The number of rotatable bonds is 4. The average molecular weight is 281 g/mol. The van der Waals surface area contributed by atoms with Gasteiger partial charge in [-0.2, -0.15) is 0 Å². The van der Waals surface area contributed by atoms with Crippen LogP contribution in [0.15, 0.2) is 24.3 Å². The average Bonchev–Trinajstić information content (AvgIpc) is 3.06. The first-order valence-corrected chi connectivity index (χ1v) is 7.13. The molecule has 0 saturated heterocycles. The maximum Gasteiger partial charge on any atom is 0.123 e. The van der Waals surface area contributed by atoms with E-state index in [0.29, 0.717) is 6.10 Å². The molecule has 0 aromatic heterocycles. The molecule has 86 valence electrons. The maximum atomic E-state index is 5.94. The Balaban J connectivity index is 1.52. The van der Waals surface area contributed by atoms with Crippen LogP contribution in [-0.4, -0.2) is 10.9 Å². The van der Waals surface area contributed by atoms with E-state index in [2.05, 4.69) is 40.2 Å². The number of benzene rings is 1. The summed E-state index contributed by atoms with van der Waals surface area (Å²) >= 11 is 3.79. The van der Waals surface area contributed by atoms with Crippen LogP contribution in [0.5, 0.6) is 5.75 Å². The van der Waals surface area contributed by atoms with Crippen molar-refractivity contribution in [2.45, 2.75) is 43.0 Å². The van der Waals surface area contributed by atoms with Gasteiger partial charge in [-0.1, -0.05) is 34.1 Å². The number of hydrogen-bond donors (Lipinski definition) is 0. The lowest BCUT2D eigenvalue weighted by Crippen LogP contribution is -2.15. The number of alkyl halides is 1. The topological polar surface area (TPSA) is 9.23 Å². The van der Waals surface area contributed by atoms with Crippen LogP contribution in [0.3, 0.4) is 0 Å². The third kappa shape index (κ3) is 2.27. The van der Waals surface area contributed by atoms with E-state index in [1.807, 2.05) is 0 Å². The van der Waals surface area contributed by atoms with Gasteiger partial charge in [0.15, 0.2) is 0 Å². The van der Waals surface area contributed by atoms with Crippen LogP contribution in [-0.2, 0) is 6.42 Å². The Morgan fingerprint density at radius 1 is 1.31 bits per heavy atom. The largest absolute Gasteiger partial charge is 0.490 e. The third-order valence-electron chi connectivity index (χ3n) is 3.61. The van der Waals surface area contributed by atoms with Gasteiger partial charge in [-0.15, -0.1) is 0 Å². The monoisotopic (exact) mass is 280 g/mol. The molecular formula is C14H17BrO. The summed E-state index contributed by atoms with van der Waals surface area (Å²) in [6.07, 6.45) is 6.78. The molecule has 1 aliphatic heterocycles. The Labute approximate surface area is 105 Å².